The number of carbonyl (C=O) groups excluding carboxylic acids is 1. The van der Waals surface area contributed by atoms with Gasteiger partial charge in [-0.3, -0.25) is 0 Å². The third-order valence-corrected chi connectivity index (χ3v) is 4.00. The van der Waals surface area contributed by atoms with Crippen LogP contribution in [0, 0.1) is 0 Å². The minimum absolute atomic E-state index is 0.327. The Morgan fingerprint density at radius 2 is 2.23 bits per heavy atom. The van der Waals surface area contributed by atoms with Crippen molar-refractivity contribution in [3.8, 4) is 5.75 Å². The Balaban J connectivity index is 3.03. The van der Waals surface area contributed by atoms with Crippen LogP contribution in [-0.4, -0.2) is 26.9 Å². The average molecular weight is 218 g/mol. The maximum Gasteiger partial charge on any atom is 0.351 e. The van der Waals surface area contributed by atoms with Crippen molar-refractivity contribution >= 4 is 30.5 Å². The Hall–Kier alpha value is -0.600. The van der Waals surface area contributed by atoms with Gasteiger partial charge in [0.15, 0.2) is 4.88 Å². The van der Waals surface area contributed by atoms with Crippen LogP contribution in [0.2, 0.25) is 0 Å². The quantitative estimate of drug-likeness (QED) is 0.569. The number of carbonyl (C=O) groups is 1. The Morgan fingerprint density at radius 1 is 1.54 bits per heavy atom. The number of hydrogen-bond donors (Lipinski definition) is 0. The molecular formula is C8H11O3PS. The molecule has 0 aromatic carbocycles. The van der Waals surface area contributed by atoms with E-state index in [0.717, 1.165) is 4.62 Å². The molecule has 0 amide bonds. The summed E-state index contributed by atoms with van der Waals surface area (Å²) in [6.07, 6.45) is 0. The molecule has 3 nitrogen and oxygen atoms in total. The summed E-state index contributed by atoms with van der Waals surface area (Å²) >= 11 is 1.43. The second-order valence-electron chi connectivity index (χ2n) is 2.25. The maximum absolute atomic E-state index is 11.2. The van der Waals surface area contributed by atoms with E-state index in [1.165, 1.54) is 18.4 Å². The first-order valence-corrected chi connectivity index (χ1v) is 5.98. The molecule has 0 saturated carbocycles. The molecule has 0 aliphatic heterocycles. The number of rotatable bonds is 3. The van der Waals surface area contributed by atoms with E-state index < -0.39 is 0 Å². The second kappa shape index (κ2) is 4.58. The second-order valence-corrected chi connectivity index (χ2v) is 4.70. The summed E-state index contributed by atoms with van der Waals surface area (Å²) < 4.78 is 10.8. The van der Waals surface area contributed by atoms with Crippen LogP contribution in [0.4, 0.5) is 0 Å². The fourth-order valence-electron chi connectivity index (χ4n) is 0.884. The zero-order valence-corrected chi connectivity index (χ0v) is 9.53. The highest BCUT2D eigenvalue weighted by molar-refractivity contribution is 7.56. The first kappa shape index (κ1) is 10.5. The summed E-state index contributed by atoms with van der Waals surface area (Å²) in [7, 11) is 3.60. The summed E-state index contributed by atoms with van der Waals surface area (Å²) in [5.74, 6) is 0.285. The van der Waals surface area contributed by atoms with E-state index in [-0.39, 0.29) is 5.97 Å². The highest BCUT2D eigenvalue weighted by atomic mass is 32.1. The molecule has 1 unspecified atom stereocenters. The van der Waals surface area contributed by atoms with Crippen molar-refractivity contribution in [2.45, 2.75) is 0 Å². The smallest absolute Gasteiger partial charge is 0.351 e. The lowest BCUT2D eigenvalue weighted by Crippen LogP contribution is -1.99. The summed E-state index contributed by atoms with van der Waals surface area (Å²) in [6, 6.07) is 1.88. The lowest BCUT2D eigenvalue weighted by atomic mass is 10.4. The molecule has 5 heteroatoms. The van der Waals surface area contributed by atoms with Gasteiger partial charge in [-0.05, 0) is 12.7 Å². The van der Waals surface area contributed by atoms with E-state index in [9.17, 15) is 4.79 Å². The fourth-order valence-corrected chi connectivity index (χ4v) is 2.67. The highest BCUT2D eigenvalue weighted by Gasteiger charge is 2.16. The number of hydrogen-bond acceptors (Lipinski definition) is 4. The number of ether oxygens (including phenoxy) is 2. The van der Waals surface area contributed by atoms with Crippen LogP contribution >= 0.6 is 19.9 Å². The molecule has 0 spiro atoms. The summed E-state index contributed by atoms with van der Waals surface area (Å²) in [4.78, 5) is 11.8. The largest absolute Gasteiger partial charge is 0.495 e. The number of thiophene rings is 1. The molecule has 1 atom stereocenters. The van der Waals surface area contributed by atoms with Crippen molar-refractivity contribution in [1.82, 2.24) is 0 Å². The third kappa shape index (κ3) is 2.20. The molecule has 1 aromatic rings. The van der Waals surface area contributed by atoms with Crippen LogP contribution in [0.1, 0.15) is 9.67 Å². The van der Waals surface area contributed by atoms with Crippen LogP contribution in [0.3, 0.4) is 0 Å². The van der Waals surface area contributed by atoms with Crippen LogP contribution in [0.25, 0.3) is 0 Å². The van der Waals surface area contributed by atoms with E-state index in [1.807, 2.05) is 6.07 Å². The minimum Gasteiger partial charge on any atom is -0.495 e. The predicted molar refractivity (Wildman–Crippen MR) is 56.1 cm³/mol. The first-order valence-electron chi connectivity index (χ1n) is 3.66. The third-order valence-electron chi connectivity index (χ3n) is 1.54. The fraction of sp³-hybridized carbons (Fsp3) is 0.375. The Kier molecular flexibility index (Phi) is 3.70. The molecule has 1 rings (SSSR count). The molecule has 0 aliphatic rings. The average Bonchev–Trinajstić information content (AvgIpc) is 2.59. The molecule has 72 valence electrons. The zero-order valence-electron chi connectivity index (χ0n) is 7.71. The van der Waals surface area contributed by atoms with Gasteiger partial charge in [-0.2, -0.15) is 0 Å². The van der Waals surface area contributed by atoms with Gasteiger partial charge >= 0.3 is 5.97 Å². The Labute approximate surface area is 82.8 Å². The van der Waals surface area contributed by atoms with E-state index in [1.54, 1.807) is 7.11 Å². The van der Waals surface area contributed by atoms with Crippen molar-refractivity contribution < 1.29 is 14.3 Å². The lowest BCUT2D eigenvalue weighted by molar-refractivity contribution is 0.0603. The lowest BCUT2D eigenvalue weighted by Gasteiger charge is -1.98. The molecule has 0 saturated heterocycles. The van der Waals surface area contributed by atoms with Crippen molar-refractivity contribution in [3.05, 3.63) is 10.9 Å². The van der Waals surface area contributed by atoms with Crippen LogP contribution in [0.5, 0.6) is 5.75 Å². The molecule has 1 aromatic heterocycles. The topological polar surface area (TPSA) is 35.5 Å². The number of methoxy groups -OCH3 is 2. The van der Waals surface area contributed by atoms with Gasteiger partial charge in [-0.15, -0.1) is 11.3 Å². The Bertz CT molecular complexity index is 308. The summed E-state index contributed by atoms with van der Waals surface area (Å²) in [6.45, 7) is 2.06. The standard InChI is InChI=1S/C8H11O3PS/c1-10-5-4-6(12-3)13-7(5)8(9)11-2/h4,12H,1-3H3. The molecule has 0 radical (unpaired) electrons. The zero-order chi connectivity index (χ0) is 9.84. The molecule has 0 fully saturated rings. The van der Waals surface area contributed by atoms with E-state index >= 15 is 0 Å². The summed E-state index contributed by atoms with van der Waals surface area (Å²) in [5, 5.41) is 0. The van der Waals surface area contributed by atoms with Crippen molar-refractivity contribution in [2.24, 2.45) is 0 Å². The van der Waals surface area contributed by atoms with Gasteiger partial charge in [0, 0.05) is 4.62 Å². The monoisotopic (exact) mass is 218 g/mol. The van der Waals surface area contributed by atoms with Gasteiger partial charge < -0.3 is 9.47 Å². The van der Waals surface area contributed by atoms with Crippen molar-refractivity contribution in [1.29, 1.82) is 0 Å². The van der Waals surface area contributed by atoms with E-state index in [4.69, 9.17) is 4.74 Å². The van der Waals surface area contributed by atoms with Crippen molar-refractivity contribution in [3.63, 3.8) is 0 Å². The predicted octanol–water partition coefficient (Wildman–Crippen LogP) is 1.48. The SMILES string of the molecule is COC(=O)c1sc(PC)cc1OC. The van der Waals surface area contributed by atoms with Gasteiger partial charge in [0.05, 0.1) is 14.2 Å². The maximum atomic E-state index is 11.2. The molecule has 0 N–H and O–H groups in total. The molecule has 1 heterocycles. The normalized spacial score (nSPS) is 10.7. The molecule has 13 heavy (non-hydrogen) atoms. The first-order chi connectivity index (χ1) is 6.22. The molecule has 0 bridgehead atoms. The van der Waals surface area contributed by atoms with Crippen molar-refractivity contribution in [2.75, 3.05) is 20.9 Å². The van der Waals surface area contributed by atoms with Crippen LogP contribution < -0.4 is 9.36 Å². The van der Waals surface area contributed by atoms with E-state index in [0.29, 0.717) is 19.2 Å². The van der Waals surface area contributed by atoms with Gasteiger partial charge in [0.2, 0.25) is 0 Å². The molecular weight excluding hydrogens is 207 g/mol. The van der Waals surface area contributed by atoms with Gasteiger partial charge in [0.1, 0.15) is 5.75 Å². The minimum atomic E-state index is -0.327. The van der Waals surface area contributed by atoms with Crippen LogP contribution in [-0.2, 0) is 4.74 Å². The van der Waals surface area contributed by atoms with Gasteiger partial charge in [0.25, 0.3) is 0 Å². The van der Waals surface area contributed by atoms with Gasteiger partial charge in [-0.1, -0.05) is 8.58 Å². The highest BCUT2D eigenvalue weighted by Crippen LogP contribution is 2.27. The Morgan fingerprint density at radius 3 is 2.69 bits per heavy atom. The molecule has 0 aliphatic carbocycles. The summed E-state index contributed by atoms with van der Waals surface area (Å²) in [5.41, 5.74) is 0. The van der Waals surface area contributed by atoms with Crippen LogP contribution in [0.15, 0.2) is 6.07 Å². The van der Waals surface area contributed by atoms with Gasteiger partial charge in [-0.25, -0.2) is 4.79 Å². The number of esters is 1. The van der Waals surface area contributed by atoms with E-state index in [2.05, 4.69) is 11.4 Å².